The van der Waals surface area contributed by atoms with E-state index in [-0.39, 0.29) is 11.4 Å². The summed E-state index contributed by atoms with van der Waals surface area (Å²) in [5.41, 5.74) is 1.61. The van der Waals surface area contributed by atoms with Gasteiger partial charge in [0.05, 0.1) is 5.69 Å². The highest BCUT2D eigenvalue weighted by atomic mass is 35.5. The molecule has 18 heavy (non-hydrogen) atoms. The van der Waals surface area contributed by atoms with Gasteiger partial charge < -0.3 is 10.2 Å². The number of aryl methyl sites for hydroxylation is 2. The van der Waals surface area contributed by atoms with Crippen molar-refractivity contribution in [3.63, 3.8) is 0 Å². The Hall–Kier alpha value is -2.01. The predicted octanol–water partition coefficient (Wildman–Crippen LogP) is 2.45. The number of carboxylic acid groups (broad SMARTS) is 1. The van der Waals surface area contributed by atoms with Gasteiger partial charge in [-0.2, -0.15) is 5.10 Å². The molecule has 1 aromatic carbocycles. The van der Waals surface area contributed by atoms with Crippen LogP contribution in [0.4, 0.5) is 0 Å². The van der Waals surface area contributed by atoms with Gasteiger partial charge in [-0.1, -0.05) is 11.6 Å². The number of aromatic hydroxyl groups is 1. The Morgan fingerprint density at radius 1 is 1.39 bits per heavy atom. The smallest absolute Gasteiger partial charge is 0.356 e. The Morgan fingerprint density at radius 2 is 2.06 bits per heavy atom. The summed E-state index contributed by atoms with van der Waals surface area (Å²) in [5, 5.41) is 23.1. The Bertz CT molecular complexity index is 634. The minimum atomic E-state index is -1.12. The second kappa shape index (κ2) is 4.34. The molecular weight excluding hydrogens is 256 g/mol. The lowest BCUT2D eigenvalue weighted by Crippen LogP contribution is -1.99. The van der Waals surface area contributed by atoms with Gasteiger partial charge in [-0.05, 0) is 30.7 Å². The highest BCUT2D eigenvalue weighted by molar-refractivity contribution is 6.31. The van der Waals surface area contributed by atoms with Gasteiger partial charge in [0, 0.05) is 17.6 Å². The van der Waals surface area contributed by atoms with E-state index in [0.717, 1.165) is 5.56 Å². The number of carbonyl (C=O) groups is 1. The Kier molecular flexibility index (Phi) is 3.00. The van der Waals surface area contributed by atoms with E-state index < -0.39 is 5.97 Å². The van der Waals surface area contributed by atoms with Gasteiger partial charge in [-0.15, -0.1) is 0 Å². The molecule has 5 nitrogen and oxygen atoms in total. The van der Waals surface area contributed by atoms with Crippen molar-refractivity contribution in [1.82, 2.24) is 9.78 Å². The summed E-state index contributed by atoms with van der Waals surface area (Å²) >= 11 is 6.00. The molecule has 2 rings (SSSR count). The van der Waals surface area contributed by atoms with Gasteiger partial charge in [0.2, 0.25) is 0 Å². The van der Waals surface area contributed by atoms with Crippen molar-refractivity contribution in [2.24, 2.45) is 7.05 Å². The number of carboxylic acids is 1. The van der Waals surface area contributed by atoms with E-state index in [0.29, 0.717) is 16.3 Å². The van der Waals surface area contributed by atoms with Crippen molar-refractivity contribution in [1.29, 1.82) is 0 Å². The number of halogens is 1. The van der Waals surface area contributed by atoms with E-state index in [1.54, 1.807) is 20.0 Å². The summed E-state index contributed by atoms with van der Waals surface area (Å²) in [4.78, 5) is 10.8. The maximum Gasteiger partial charge on any atom is 0.356 e. The van der Waals surface area contributed by atoms with Crippen LogP contribution >= 0.6 is 11.6 Å². The van der Waals surface area contributed by atoms with Crippen LogP contribution in [0.25, 0.3) is 11.3 Å². The monoisotopic (exact) mass is 266 g/mol. The summed E-state index contributed by atoms with van der Waals surface area (Å²) < 4.78 is 1.39. The normalized spacial score (nSPS) is 10.6. The van der Waals surface area contributed by atoms with Crippen molar-refractivity contribution in [2.45, 2.75) is 6.92 Å². The fraction of sp³-hybridized carbons (Fsp3) is 0.167. The lowest BCUT2D eigenvalue weighted by Gasteiger charge is -2.07. The number of hydrogen-bond acceptors (Lipinski definition) is 3. The second-order valence-corrected chi connectivity index (χ2v) is 4.37. The lowest BCUT2D eigenvalue weighted by molar-refractivity contribution is 0.0689. The molecule has 0 fully saturated rings. The molecule has 0 aliphatic carbocycles. The third kappa shape index (κ3) is 2.04. The molecule has 0 unspecified atom stereocenters. The molecule has 1 aromatic heterocycles. The lowest BCUT2D eigenvalue weighted by atomic mass is 10.1. The highest BCUT2D eigenvalue weighted by Gasteiger charge is 2.16. The maximum absolute atomic E-state index is 10.8. The van der Waals surface area contributed by atoms with Crippen LogP contribution in [0.3, 0.4) is 0 Å². The first-order valence-electron chi connectivity index (χ1n) is 5.17. The average molecular weight is 267 g/mol. The first-order valence-corrected chi connectivity index (χ1v) is 5.54. The molecule has 0 bridgehead atoms. The summed E-state index contributed by atoms with van der Waals surface area (Å²) in [6.45, 7) is 1.78. The van der Waals surface area contributed by atoms with Crippen LogP contribution in [-0.4, -0.2) is 26.0 Å². The second-order valence-electron chi connectivity index (χ2n) is 3.96. The fourth-order valence-electron chi connectivity index (χ4n) is 1.70. The number of phenols is 1. The molecule has 0 spiro atoms. The first kappa shape index (κ1) is 12.4. The van der Waals surface area contributed by atoms with Crippen molar-refractivity contribution >= 4 is 17.6 Å². The minimum Gasteiger partial charge on any atom is -0.507 e. The topological polar surface area (TPSA) is 75.3 Å². The molecule has 0 atom stereocenters. The summed E-state index contributed by atoms with van der Waals surface area (Å²) in [5.74, 6) is -1.08. The number of phenolic OH excluding ortho intramolecular Hbond substituents is 1. The SMILES string of the molecule is Cc1cc(O)c(-c2cc(C(=O)O)nn2C)cc1Cl. The summed E-state index contributed by atoms with van der Waals surface area (Å²) in [7, 11) is 1.61. The molecule has 6 heteroatoms. The Balaban J connectivity index is 2.62. The number of aromatic carboxylic acids is 1. The maximum atomic E-state index is 10.8. The first-order chi connectivity index (χ1) is 8.40. The Morgan fingerprint density at radius 3 is 2.61 bits per heavy atom. The molecule has 0 aliphatic heterocycles. The largest absolute Gasteiger partial charge is 0.507 e. The van der Waals surface area contributed by atoms with Crippen molar-refractivity contribution in [3.8, 4) is 17.0 Å². The molecule has 0 amide bonds. The van der Waals surface area contributed by atoms with Gasteiger partial charge in [0.15, 0.2) is 5.69 Å². The molecule has 0 saturated carbocycles. The van der Waals surface area contributed by atoms with Crippen molar-refractivity contribution < 1.29 is 15.0 Å². The molecule has 2 aromatic rings. The van der Waals surface area contributed by atoms with Gasteiger partial charge in [0.25, 0.3) is 0 Å². The van der Waals surface area contributed by atoms with Gasteiger partial charge in [0.1, 0.15) is 5.75 Å². The van der Waals surface area contributed by atoms with E-state index in [1.165, 1.54) is 16.8 Å². The van der Waals surface area contributed by atoms with Gasteiger partial charge in [-0.25, -0.2) is 4.79 Å². The minimum absolute atomic E-state index is 0.0387. The molecular formula is C12H11ClN2O3. The van der Waals surface area contributed by atoms with Crippen LogP contribution in [0.1, 0.15) is 16.1 Å². The third-order valence-electron chi connectivity index (χ3n) is 2.65. The zero-order valence-corrected chi connectivity index (χ0v) is 10.6. The average Bonchev–Trinajstić information content (AvgIpc) is 2.66. The Labute approximate surface area is 108 Å². The van der Waals surface area contributed by atoms with E-state index in [9.17, 15) is 9.90 Å². The number of rotatable bonds is 2. The van der Waals surface area contributed by atoms with Crippen LogP contribution in [0.5, 0.6) is 5.75 Å². The van der Waals surface area contributed by atoms with Crippen molar-refractivity contribution in [2.75, 3.05) is 0 Å². The third-order valence-corrected chi connectivity index (χ3v) is 3.06. The molecule has 1 heterocycles. The van der Waals surface area contributed by atoms with E-state index in [1.807, 2.05) is 0 Å². The fourth-order valence-corrected chi connectivity index (χ4v) is 1.86. The summed E-state index contributed by atoms with van der Waals surface area (Å²) in [6.07, 6.45) is 0. The van der Waals surface area contributed by atoms with E-state index >= 15 is 0 Å². The number of aromatic nitrogens is 2. The predicted molar refractivity (Wildman–Crippen MR) is 67.0 cm³/mol. The molecule has 0 aliphatic rings. The van der Waals surface area contributed by atoms with Crippen LogP contribution in [0.2, 0.25) is 5.02 Å². The molecule has 94 valence electrons. The van der Waals surface area contributed by atoms with Crippen LogP contribution in [-0.2, 0) is 7.05 Å². The van der Waals surface area contributed by atoms with Crippen LogP contribution in [0, 0.1) is 6.92 Å². The zero-order valence-electron chi connectivity index (χ0n) is 9.81. The van der Waals surface area contributed by atoms with E-state index in [2.05, 4.69) is 5.10 Å². The number of nitrogens with zero attached hydrogens (tertiary/aromatic N) is 2. The molecule has 2 N–H and O–H groups in total. The quantitative estimate of drug-likeness (QED) is 0.875. The van der Waals surface area contributed by atoms with E-state index in [4.69, 9.17) is 16.7 Å². The van der Waals surface area contributed by atoms with Crippen molar-refractivity contribution in [3.05, 3.63) is 34.5 Å². The number of hydrogen-bond donors (Lipinski definition) is 2. The van der Waals surface area contributed by atoms with Crippen LogP contribution in [0.15, 0.2) is 18.2 Å². The molecule has 0 saturated heterocycles. The number of benzene rings is 1. The molecule has 0 radical (unpaired) electrons. The van der Waals surface area contributed by atoms with Crippen LogP contribution < -0.4 is 0 Å². The highest BCUT2D eigenvalue weighted by Crippen LogP contribution is 2.33. The van der Waals surface area contributed by atoms with Gasteiger partial charge in [-0.3, -0.25) is 4.68 Å². The van der Waals surface area contributed by atoms with Gasteiger partial charge >= 0.3 is 5.97 Å². The zero-order chi connectivity index (χ0) is 13.4. The standard InChI is InChI=1S/C12H11ClN2O3/c1-6-3-11(16)7(4-8(6)13)10-5-9(12(17)18)14-15(10)2/h3-5,16H,1-2H3,(H,17,18). The summed E-state index contributed by atoms with van der Waals surface area (Å²) in [6, 6.07) is 4.52.